The highest BCUT2D eigenvalue weighted by Crippen LogP contribution is 2.39. The van der Waals surface area contributed by atoms with Crippen LogP contribution in [0.25, 0.3) is 33.6 Å². The van der Waals surface area contributed by atoms with Crippen molar-refractivity contribution in [2.75, 3.05) is 13.7 Å². The van der Waals surface area contributed by atoms with E-state index >= 15 is 0 Å². The van der Waals surface area contributed by atoms with Gasteiger partial charge in [0.05, 0.1) is 18.3 Å². The first-order chi connectivity index (χ1) is 17.5. The Hall–Kier alpha value is -3.39. The highest BCUT2D eigenvalue weighted by molar-refractivity contribution is 6.00. The van der Waals surface area contributed by atoms with Crippen molar-refractivity contribution < 1.29 is 9.53 Å². The molecule has 2 N–H and O–H groups in total. The summed E-state index contributed by atoms with van der Waals surface area (Å²) >= 11 is 0. The maximum atomic E-state index is 13.7. The van der Waals surface area contributed by atoms with Crippen molar-refractivity contribution in [3.8, 4) is 17.3 Å². The van der Waals surface area contributed by atoms with Gasteiger partial charge in [-0.15, -0.1) is 0 Å². The molecule has 2 bridgehead atoms. The molecule has 8 rings (SSSR count). The van der Waals surface area contributed by atoms with Gasteiger partial charge < -0.3 is 24.5 Å². The largest absolute Gasteiger partial charge is 0.494 e. The molecule has 1 aromatic carbocycles. The number of fused-ring (bicyclic) bond motifs is 5. The summed E-state index contributed by atoms with van der Waals surface area (Å²) in [7, 11) is 3.67. The van der Waals surface area contributed by atoms with Crippen LogP contribution in [0.3, 0.4) is 0 Å². The number of carbonyl (C=O) groups excluding carboxylic acids is 1. The summed E-state index contributed by atoms with van der Waals surface area (Å²) in [6.07, 6.45) is 7.54. The SMILES string of the molecule is COc1cc(C(=O)N2CC3CC[C@H]2[C@H](N)C3)cc2nc(-c3cc4cccnc4n3CC3CC3)n(C)c12. The van der Waals surface area contributed by atoms with Crippen LogP contribution in [-0.4, -0.2) is 55.6 Å². The van der Waals surface area contributed by atoms with Crippen LogP contribution < -0.4 is 10.5 Å². The van der Waals surface area contributed by atoms with Gasteiger partial charge in [0.15, 0.2) is 5.82 Å². The minimum Gasteiger partial charge on any atom is -0.494 e. The van der Waals surface area contributed by atoms with Crippen molar-refractivity contribution in [1.29, 1.82) is 0 Å². The van der Waals surface area contributed by atoms with Gasteiger partial charge in [0.25, 0.3) is 5.91 Å². The molecule has 36 heavy (non-hydrogen) atoms. The Balaban J connectivity index is 1.34. The molecule has 186 valence electrons. The maximum absolute atomic E-state index is 13.7. The molecule has 4 fully saturated rings. The van der Waals surface area contributed by atoms with E-state index in [-0.39, 0.29) is 18.0 Å². The number of nitrogens with two attached hydrogens (primary N) is 1. The smallest absolute Gasteiger partial charge is 0.254 e. The van der Waals surface area contributed by atoms with Crippen molar-refractivity contribution in [2.45, 2.75) is 50.7 Å². The predicted molar refractivity (Wildman–Crippen MR) is 139 cm³/mol. The molecule has 1 unspecified atom stereocenters. The van der Waals surface area contributed by atoms with Crippen LogP contribution in [0, 0.1) is 11.8 Å². The molecule has 8 nitrogen and oxygen atoms in total. The van der Waals surface area contributed by atoms with Crippen LogP contribution in [0.4, 0.5) is 0 Å². The number of ether oxygens (including phenoxy) is 1. The van der Waals surface area contributed by atoms with Crippen LogP contribution in [0.15, 0.2) is 36.5 Å². The van der Waals surface area contributed by atoms with Gasteiger partial charge in [0.2, 0.25) is 0 Å². The second-order valence-electron chi connectivity index (χ2n) is 10.9. The van der Waals surface area contributed by atoms with Crippen LogP contribution in [0.2, 0.25) is 0 Å². The van der Waals surface area contributed by atoms with Crippen molar-refractivity contribution in [3.63, 3.8) is 0 Å². The monoisotopic (exact) mass is 484 g/mol. The number of aryl methyl sites for hydroxylation is 1. The topological polar surface area (TPSA) is 91.2 Å². The van der Waals surface area contributed by atoms with Gasteiger partial charge in [-0.1, -0.05) is 0 Å². The van der Waals surface area contributed by atoms with Crippen molar-refractivity contribution in [2.24, 2.45) is 24.6 Å². The zero-order valence-electron chi connectivity index (χ0n) is 20.9. The second-order valence-corrected chi connectivity index (χ2v) is 10.9. The minimum absolute atomic E-state index is 0.0271. The van der Waals surface area contributed by atoms with Gasteiger partial charge in [-0.3, -0.25) is 4.79 Å². The number of carbonyl (C=O) groups is 1. The Morgan fingerprint density at radius 3 is 2.81 bits per heavy atom. The average molecular weight is 485 g/mol. The lowest BCUT2D eigenvalue weighted by Gasteiger charge is -2.48. The molecule has 2 saturated heterocycles. The van der Waals surface area contributed by atoms with E-state index in [0.29, 0.717) is 23.1 Å². The fraction of sp³-hybridized carbons (Fsp3) is 0.464. The number of hydrogen-bond donors (Lipinski definition) is 1. The average Bonchev–Trinajstić information content (AvgIpc) is 3.56. The highest BCUT2D eigenvalue weighted by Gasteiger charge is 2.41. The molecule has 0 spiro atoms. The molecule has 1 amide bonds. The third kappa shape index (κ3) is 3.34. The summed E-state index contributed by atoms with van der Waals surface area (Å²) in [5.74, 6) is 2.74. The lowest BCUT2D eigenvalue weighted by atomic mass is 9.76. The maximum Gasteiger partial charge on any atom is 0.254 e. The standard InChI is InChI=1S/C28H32N6O2/c1-32-25-21(31-27(32)23-12-18-4-3-9-30-26(18)33(23)14-16-5-6-16)11-19(13-24(25)36-2)28(35)34-15-17-7-8-22(34)20(29)10-17/h3-4,9,11-13,16-17,20,22H,5-8,10,14-15,29H2,1-2H3/t17?,20-,22+/m1/s1. The molecule has 0 radical (unpaired) electrons. The predicted octanol–water partition coefficient (Wildman–Crippen LogP) is 3.96. The number of imidazole rings is 1. The van der Waals surface area contributed by atoms with E-state index in [4.69, 9.17) is 15.5 Å². The fourth-order valence-corrected chi connectivity index (χ4v) is 6.48. The molecule has 2 aliphatic heterocycles. The Bertz CT molecular complexity index is 1500. The van der Waals surface area contributed by atoms with E-state index in [1.54, 1.807) is 7.11 Å². The molecule has 4 aliphatic rings. The summed E-state index contributed by atoms with van der Waals surface area (Å²) in [6.45, 7) is 1.73. The van der Waals surface area contributed by atoms with Crippen LogP contribution in [-0.2, 0) is 13.6 Å². The molecule has 2 aliphatic carbocycles. The molecular formula is C28H32N6O2. The van der Waals surface area contributed by atoms with Crippen molar-refractivity contribution in [3.05, 3.63) is 42.1 Å². The summed E-state index contributed by atoms with van der Waals surface area (Å²) in [5, 5.41) is 1.11. The van der Waals surface area contributed by atoms with Gasteiger partial charge in [0, 0.05) is 49.4 Å². The molecular weight excluding hydrogens is 452 g/mol. The molecule has 3 atom stereocenters. The fourth-order valence-electron chi connectivity index (χ4n) is 6.48. The summed E-state index contributed by atoms with van der Waals surface area (Å²) in [4.78, 5) is 25.4. The lowest BCUT2D eigenvalue weighted by molar-refractivity contribution is 0.0249. The Labute approximate surface area is 210 Å². The number of piperidine rings is 2. The summed E-state index contributed by atoms with van der Waals surface area (Å²) in [6, 6.07) is 10.2. The Morgan fingerprint density at radius 1 is 1.19 bits per heavy atom. The lowest BCUT2D eigenvalue weighted by Crippen LogP contribution is -2.60. The number of benzene rings is 1. The van der Waals surface area contributed by atoms with Gasteiger partial charge >= 0.3 is 0 Å². The van der Waals surface area contributed by atoms with E-state index in [9.17, 15) is 4.79 Å². The quantitative estimate of drug-likeness (QED) is 0.463. The zero-order valence-corrected chi connectivity index (χ0v) is 20.9. The van der Waals surface area contributed by atoms with Gasteiger partial charge in [0.1, 0.15) is 16.9 Å². The number of amides is 1. The first-order valence-electron chi connectivity index (χ1n) is 13.1. The van der Waals surface area contributed by atoms with Crippen LogP contribution in [0.1, 0.15) is 42.5 Å². The minimum atomic E-state index is 0.0271. The van der Waals surface area contributed by atoms with Crippen molar-refractivity contribution in [1.82, 2.24) is 24.0 Å². The third-order valence-electron chi connectivity index (χ3n) is 8.51. The molecule has 2 saturated carbocycles. The van der Waals surface area contributed by atoms with E-state index in [1.807, 2.05) is 36.3 Å². The second kappa shape index (κ2) is 8.06. The number of hydrogen-bond acceptors (Lipinski definition) is 5. The summed E-state index contributed by atoms with van der Waals surface area (Å²) < 4.78 is 10.2. The van der Waals surface area contributed by atoms with Crippen LogP contribution >= 0.6 is 0 Å². The molecule has 8 heteroatoms. The number of rotatable bonds is 5. The Kier molecular flexibility index (Phi) is 4.90. The van der Waals surface area contributed by atoms with E-state index < -0.39 is 0 Å². The van der Waals surface area contributed by atoms with Gasteiger partial charge in [-0.25, -0.2) is 9.97 Å². The van der Waals surface area contributed by atoms with E-state index in [1.165, 1.54) is 12.8 Å². The molecule has 3 aromatic heterocycles. The molecule has 5 heterocycles. The zero-order chi connectivity index (χ0) is 24.6. The van der Waals surface area contributed by atoms with E-state index in [2.05, 4.69) is 26.3 Å². The van der Waals surface area contributed by atoms with Crippen LogP contribution in [0.5, 0.6) is 5.75 Å². The first-order valence-corrected chi connectivity index (χ1v) is 13.1. The molecule has 4 aromatic rings. The number of methoxy groups -OCH3 is 1. The van der Waals surface area contributed by atoms with Gasteiger partial charge in [-0.2, -0.15) is 0 Å². The highest BCUT2D eigenvalue weighted by atomic mass is 16.5. The normalized spacial score (nSPS) is 23.6. The Morgan fingerprint density at radius 2 is 2.06 bits per heavy atom. The number of pyridine rings is 1. The third-order valence-corrected chi connectivity index (χ3v) is 8.51. The van der Waals surface area contributed by atoms with Crippen molar-refractivity contribution >= 4 is 28.0 Å². The number of aromatic nitrogens is 4. The first kappa shape index (κ1) is 21.9. The van der Waals surface area contributed by atoms with E-state index in [0.717, 1.165) is 65.9 Å². The summed E-state index contributed by atoms with van der Waals surface area (Å²) in [5.41, 5.74) is 10.7. The van der Waals surface area contributed by atoms with Gasteiger partial charge in [-0.05, 0) is 74.3 Å². The number of nitrogens with zero attached hydrogens (tertiary/aromatic N) is 5.